The Morgan fingerprint density at radius 3 is 3.00 bits per heavy atom. The van der Waals surface area contributed by atoms with Crippen LogP contribution in [0.1, 0.15) is 25.8 Å². The number of methoxy groups -OCH3 is 1. The number of ether oxygens (including phenoxy) is 1. The van der Waals surface area contributed by atoms with Gasteiger partial charge in [-0.05, 0) is 25.7 Å². The molecule has 1 aliphatic rings. The molecule has 22 heavy (non-hydrogen) atoms. The number of hydrogen-bond donors (Lipinski definition) is 2. The highest BCUT2D eigenvalue weighted by atomic mass is 16.5. The standard InChI is InChI=1S/C14H17N7O/c1-8(9-3-4-9)21-14-10(6-16-21)15-7-12(18-14)17-11-5-13(22-2)20-19-11/h5-9H,3-4H2,1-2H3,(H2,17,18,19,20). The molecule has 4 rings (SSSR count). The van der Waals surface area contributed by atoms with Crippen LogP contribution < -0.4 is 10.1 Å². The number of fused-ring (bicyclic) bond motifs is 1. The van der Waals surface area contributed by atoms with E-state index in [1.807, 2.05) is 4.68 Å². The number of H-pyrrole nitrogens is 1. The van der Waals surface area contributed by atoms with Crippen molar-refractivity contribution < 1.29 is 4.74 Å². The van der Waals surface area contributed by atoms with Crippen molar-refractivity contribution in [2.24, 2.45) is 5.92 Å². The van der Waals surface area contributed by atoms with E-state index in [2.05, 4.69) is 37.5 Å². The highest BCUT2D eigenvalue weighted by Crippen LogP contribution is 2.39. The third-order valence-electron chi connectivity index (χ3n) is 4.02. The predicted octanol–water partition coefficient (Wildman–Crippen LogP) is 2.27. The van der Waals surface area contributed by atoms with E-state index in [1.165, 1.54) is 12.8 Å². The number of aromatic amines is 1. The van der Waals surface area contributed by atoms with Crippen molar-refractivity contribution in [1.29, 1.82) is 0 Å². The smallest absolute Gasteiger partial charge is 0.234 e. The van der Waals surface area contributed by atoms with Gasteiger partial charge in [-0.15, -0.1) is 5.10 Å². The lowest BCUT2D eigenvalue weighted by molar-refractivity contribution is 0.397. The van der Waals surface area contributed by atoms with Gasteiger partial charge in [0, 0.05) is 6.07 Å². The minimum absolute atomic E-state index is 0.356. The van der Waals surface area contributed by atoms with Gasteiger partial charge in [-0.3, -0.25) is 5.10 Å². The zero-order chi connectivity index (χ0) is 15.1. The van der Waals surface area contributed by atoms with Crippen LogP contribution in [0.25, 0.3) is 11.2 Å². The molecule has 1 aliphatic carbocycles. The number of nitrogens with zero attached hydrogens (tertiary/aromatic N) is 5. The van der Waals surface area contributed by atoms with Gasteiger partial charge in [-0.2, -0.15) is 5.10 Å². The number of nitrogens with one attached hydrogen (secondary N) is 2. The molecule has 1 fully saturated rings. The lowest BCUT2D eigenvalue weighted by atomic mass is 10.2. The highest BCUT2D eigenvalue weighted by molar-refractivity contribution is 5.72. The molecule has 8 nitrogen and oxygen atoms in total. The molecule has 0 radical (unpaired) electrons. The van der Waals surface area contributed by atoms with Gasteiger partial charge < -0.3 is 10.1 Å². The van der Waals surface area contributed by atoms with Crippen molar-refractivity contribution in [1.82, 2.24) is 29.9 Å². The molecule has 8 heteroatoms. The largest absolute Gasteiger partial charge is 0.480 e. The second kappa shape index (κ2) is 4.97. The van der Waals surface area contributed by atoms with Crippen LogP contribution in [0.3, 0.4) is 0 Å². The summed E-state index contributed by atoms with van der Waals surface area (Å²) < 4.78 is 7.01. The van der Waals surface area contributed by atoms with Crippen molar-refractivity contribution >= 4 is 22.8 Å². The number of anilines is 2. The molecule has 114 valence electrons. The van der Waals surface area contributed by atoms with Crippen LogP contribution in [0.2, 0.25) is 0 Å². The lowest BCUT2D eigenvalue weighted by Gasteiger charge is -2.11. The Morgan fingerprint density at radius 1 is 1.41 bits per heavy atom. The van der Waals surface area contributed by atoms with Crippen LogP contribution in [-0.2, 0) is 0 Å². The summed E-state index contributed by atoms with van der Waals surface area (Å²) in [6.45, 7) is 2.19. The third kappa shape index (κ3) is 2.26. The highest BCUT2D eigenvalue weighted by Gasteiger charge is 2.30. The maximum atomic E-state index is 5.04. The normalized spacial score (nSPS) is 15.9. The third-order valence-corrected chi connectivity index (χ3v) is 4.02. The van der Waals surface area contributed by atoms with E-state index >= 15 is 0 Å². The predicted molar refractivity (Wildman–Crippen MR) is 81.2 cm³/mol. The maximum absolute atomic E-state index is 5.04. The van der Waals surface area contributed by atoms with Gasteiger partial charge in [0.1, 0.15) is 11.3 Å². The molecule has 1 saturated carbocycles. The fourth-order valence-corrected chi connectivity index (χ4v) is 2.57. The number of rotatable bonds is 5. The van der Waals surface area contributed by atoms with Gasteiger partial charge in [-0.25, -0.2) is 14.6 Å². The fraction of sp³-hybridized carbons (Fsp3) is 0.429. The van der Waals surface area contributed by atoms with E-state index < -0.39 is 0 Å². The maximum Gasteiger partial charge on any atom is 0.234 e. The zero-order valence-corrected chi connectivity index (χ0v) is 12.4. The zero-order valence-electron chi connectivity index (χ0n) is 12.4. The van der Waals surface area contributed by atoms with E-state index in [1.54, 1.807) is 25.6 Å². The number of aromatic nitrogens is 6. The van der Waals surface area contributed by atoms with E-state index in [-0.39, 0.29) is 0 Å². The Kier molecular flexibility index (Phi) is 2.95. The topological polar surface area (TPSA) is 93.5 Å². The molecular formula is C14H17N7O. The molecule has 0 amide bonds. The monoisotopic (exact) mass is 299 g/mol. The van der Waals surface area contributed by atoms with Gasteiger partial charge in [-0.1, -0.05) is 0 Å². The molecular weight excluding hydrogens is 282 g/mol. The Hall–Kier alpha value is -2.64. The Bertz CT molecular complexity index is 804. The second-order valence-electron chi connectivity index (χ2n) is 5.58. The summed E-state index contributed by atoms with van der Waals surface area (Å²) in [7, 11) is 1.57. The van der Waals surface area contributed by atoms with Crippen LogP contribution in [0, 0.1) is 5.92 Å². The molecule has 0 spiro atoms. The second-order valence-corrected chi connectivity index (χ2v) is 5.58. The van der Waals surface area contributed by atoms with Gasteiger partial charge in [0.25, 0.3) is 0 Å². The summed E-state index contributed by atoms with van der Waals surface area (Å²) in [5.41, 5.74) is 1.61. The molecule has 0 aromatic carbocycles. The fourth-order valence-electron chi connectivity index (χ4n) is 2.57. The van der Waals surface area contributed by atoms with Crippen LogP contribution in [0.15, 0.2) is 18.5 Å². The van der Waals surface area contributed by atoms with Gasteiger partial charge in [0.05, 0.1) is 25.5 Å². The van der Waals surface area contributed by atoms with Crippen LogP contribution in [0.5, 0.6) is 5.88 Å². The van der Waals surface area contributed by atoms with Crippen LogP contribution >= 0.6 is 0 Å². The van der Waals surface area contributed by atoms with Crippen LogP contribution in [-0.4, -0.2) is 37.1 Å². The molecule has 3 aromatic rings. The van der Waals surface area contributed by atoms with Crippen LogP contribution in [0.4, 0.5) is 11.6 Å². The first-order valence-corrected chi connectivity index (χ1v) is 7.31. The van der Waals surface area contributed by atoms with Gasteiger partial charge >= 0.3 is 0 Å². The Balaban J connectivity index is 1.65. The molecule has 3 aromatic heterocycles. The molecule has 1 unspecified atom stereocenters. The quantitative estimate of drug-likeness (QED) is 0.750. The summed E-state index contributed by atoms with van der Waals surface area (Å²) in [5.74, 6) is 2.57. The van der Waals surface area contributed by atoms with Gasteiger partial charge in [0.15, 0.2) is 11.5 Å². The van der Waals surface area contributed by atoms with Crippen molar-refractivity contribution in [2.75, 3.05) is 12.4 Å². The summed E-state index contributed by atoms with van der Waals surface area (Å²) in [4.78, 5) is 9.05. The Morgan fingerprint density at radius 2 is 2.27 bits per heavy atom. The van der Waals surface area contributed by atoms with E-state index in [0.717, 1.165) is 11.2 Å². The molecule has 0 bridgehead atoms. The minimum atomic E-state index is 0.356. The van der Waals surface area contributed by atoms with E-state index in [9.17, 15) is 0 Å². The molecule has 0 aliphatic heterocycles. The minimum Gasteiger partial charge on any atom is -0.480 e. The molecule has 2 N–H and O–H groups in total. The Labute approximate surface area is 126 Å². The molecule has 1 atom stereocenters. The van der Waals surface area contributed by atoms with Gasteiger partial charge in [0.2, 0.25) is 5.88 Å². The average Bonchev–Trinajstić information content (AvgIpc) is 3.15. The summed E-state index contributed by atoms with van der Waals surface area (Å²) in [6, 6.07) is 2.12. The van der Waals surface area contributed by atoms with Crippen molar-refractivity contribution in [2.45, 2.75) is 25.8 Å². The number of hydrogen-bond acceptors (Lipinski definition) is 6. The SMILES string of the molecule is COc1cc(Nc2cnc3cnn(C(C)C4CC4)c3n2)[nH]n1. The first kappa shape index (κ1) is 13.1. The van der Waals surface area contributed by atoms with Crippen molar-refractivity contribution in [3.05, 3.63) is 18.5 Å². The lowest BCUT2D eigenvalue weighted by Crippen LogP contribution is -2.10. The molecule has 3 heterocycles. The van der Waals surface area contributed by atoms with E-state index in [0.29, 0.717) is 29.5 Å². The van der Waals surface area contributed by atoms with Crippen molar-refractivity contribution in [3.63, 3.8) is 0 Å². The summed E-state index contributed by atoms with van der Waals surface area (Å²) in [5, 5.41) is 14.4. The summed E-state index contributed by atoms with van der Waals surface area (Å²) >= 11 is 0. The van der Waals surface area contributed by atoms with E-state index in [4.69, 9.17) is 4.74 Å². The summed E-state index contributed by atoms with van der Waals surface area (Å²) in [6.07, 6.45) is 5.98. The first-order chi connectivity index (χ1) is 10.7. The molecule has 0 saturated heterocycles. The van der Waals surface area contributed by atoms with Crippen molar-refractivity contribution in [3.8, 4) is 5.88 Å². The average molecular weight is 299 g/mol. The first-order valence-electron chi connectivity index (χ1n) is 7.31.